The smallest absolute Gasteiger partial charge is 0.137 e. The minimum Gasteiger partial charge on any atom is -0.496 e. The number of ether oxygens (including phenoxy) is 2. The number of aromatic nitrogens is 1. The summed E-state index contributed by atoms with van der Waals surface area (Å²) in [5.74, 6) is 2.25. The maximum atomic E-state index is 5.65. The van der Waals surface area contributed by atoms with Crippen molar-refractivity contribution in [3.63, 3.8) is 0 Å². The van der Waals surface area contributed by atoms with Gasteiger partial charge in [0.2, 0.25) is 0 Å². The van der Waals surface area contributed by atoms with Crippen molar-refractivity contribution in [3.05, 3.63) is 47.1 Å². The lowest BCUT2D eigenvalue weighted by Crippen LogP contribution is -2.04. The molecule has 0 fully saturated rings. The van der Waals surface area contributed by atoms with Crippen LogP contribution in [0.25, 0.3) is 5.57 Å². The largest absolute Gasteiger partial charge is 0.496 e. The standard InChI is InChI=1S/C18H25NO3/c1-13(2)10-15-11-17(19-22-15)16-9-7-5-6-8-14(12-20-3)18(16)21-4/h7-9,11,13H,5-6,10,12H2,1-4H3/b9-7-,14-8-,18-16-. The van der Waals surface area contributed by atoms with Crippen LogP contribution < -0.4 is 0 Å². The predicted octanol–water partition coefficient (Wildman–Crippen LogP) is 4.15. The number of nitrogens with zero attached hydrogens (tertiary/aromatic N) is 1. The molecule has 0 atom stereocenters. The summed E-state index contributed by atoms with van der Waals surface area (Å²) in [5.41, 5.74) is 2.81. The van der Waals surface area contributed by atoms with Gasteiger partial charge in [0.05, 0.1) is 13.7 Å². The molecule has 0 aliphatic heterocycles. The molecule has 0 saturated heterocycles. The lowest BCUT2D eigenvalue weighted by molar-refractivity contribution is 0.212. The molecule has 1 aliphatic rings. The molecule has 2 rings (SSSR count). The molecule has 1 aromatic heterocycles. The Bertz CT molecular complexity index is 579. The van der Waals surface area contributed by atoms with Crippen LogP contribution in [0.2, 0.25) is 0 Å². The molecule has 0 bridgehead atoms. The summed E-state index contributed by atoms with van der Waals surface area (Å²) in [6.45, 7) is 4.85. The summed E-state index contributed by atoms with van der Waals surface area (Å²) in [4.78, 5) is 0. The Morgan fingerprint density at radius 3 is 2.77 bits per heavy atom. The molecule has 4 nitrogen and oxygen atoms in total. The Morgan fingerprint density at radius 2 is 2.09 bits per heavy atom. The van der Waals surface area contributed by atoms with Crippen LogP contribution in [-0.2, 0) is 15.9 Å². The highest BCUT2D eigenvalue weighted by Crippen LogP contribution is 2.28. The van der Waals surface area contributed by atoms with Gasteiger partial charge in [-0.1, -0.05) is 37.2 Å². The van der Waals surface area contributed by atoms with E-state index in [4.69, 9.17) is 14.0 Å². The number of allylic oxidation sites excluding steroid dienone is 4. The van der Waals surface area contributed by atoms with Crippen molar-refractivity contribution < 1.29 is 14.0 Å². The first kappa shape index (κ1) is 16.6. The van der Waals surface area contributed by atoms with Crippen molar-refractivity contribution in [3.8, 4) is 0 Å². The Labute approximate surface area is 132 Å². The molecule has 1 aromatic rings. The Morgan fingerprint density at radius 1 is 1.27 bits per heavy atom. The van der Waals surface area contributed by atoms with Gasteiger partial charge in [-0.05, 0) is 18.8 Å². The SMILES string of the molecule is COCC1=C/CC\C=C/C(c2cc(CC(C)C)on2)=C\1OC. The minimum atomic E-state index is 0.525. The van der Waals surface area contributed by atoms with E-state index in [1.165, 1.54) is 0 Å². The Balaban J connectivity index is 2.41. The van der Waals surface area contributed by atoms with Gasteiger partial charge in [-0.25, -0.2) is 0 Å². The molecule has 120 valence electrons. The van der Waals surface area contributed by atoms with Crippen molar-refractivity contribution in [2.75, 3.05) is 20.8 Å². The first-order valence-corrected chi connectivity index (χ1v) is 7.74. The maximum absolute atomic E-state index is 5.65. The second-order valence-corrected chi connectivity index (χ2v) is 5.87. The summed E-state index contributed by atoms with van der Waals surface area (Å²) in [7, 11) is 3.38. The van der Waals surface area contributed by atoms with Crippen LogP contribution in [0.1, 0.15) is 38.1 Å². The highest BCUT2D eigenvalue weighted by molar-refractivity contribution is 5.76. The zero-order valence-corrected chi connectivity index (χ0v) is 13.9. The average molecular weight is 303 g/mol. The van der Waals surface area contributed by atoms with E-state index >= 15 is 0 Å². The molecule has 0 radical (unpaired) electrons. The molecule has 0 aromatic carbocycles. The fourth-order valence-electron chi connectivity index (χ4n) is 2.56. The highest BCUT2D eigenvalue weighted by atomic mass is 16.5. The van der Waals surface area contributed by atoms with E-state index in [-0.39, 0.29) is 0 Å². The fraction of sp³-hybridized carbons (Fsp3) is 0.500. The van der Waals surface area contributed by atoms with Gasteiger partial charge in [0.25, 0.3) is 0 Å². The van der Waals surface area contributed by atoms with E-state index < -0.39 is 0 Å². The quantitative estimate of drug-likeness (QED) is 0.792. The molecular weight excluding hydrogens is 278 g/mol. The molecule has 0 N–H and O–H groups in total. The van der Waals surface area contributed by atoms with E-state index in [1.807, 2.05) is 6.07 Å². The predicted molar refractivity (Wildman–Crippen MR) is 87.3 cm³/mol. The van der Waals surface area contributed by atoms with Crippen LogP contribution >= 0.6 is 0 Å². The summed E-state index contributed by atoms with van der Waals surface area (Å²) >= 11 is 0. The highest BCUT2D eigenvalue weighted by Gasteiger charge is 2.17. The molecule has 0 spiro atoms. The molecule has 1 heterocycles. The zero-order chi connectivity index (χ0) is 15.9. The van der Waals surface area contributed by atoms with Crippen LogP contribution in [-0.4, -0.2) is 26.0 Å². The van der Waals surface area contributed by atoms with E-state index in [0.717, 1.165) is 47.6 Å². The van der Waals surface area contributed by atoms with E-state index in [1.54, 1.807) is 14.2 Å². The van der Waals surface area contributed by atoms with Gasteiger partial charge in [-0.15, -0.1) is 0 Å². The second kappa shape index (κ2) is 7.99. The maximum Gasteiger partial charge on any atom is 0.137 e. The van der Waals surface area contributed by atoms with Gasteiger partial charge in [-0.3, -0.25) is 0 Å². The Hall–Kier alpha value is -1.81. The van der Waals surface area contributed by atoms with Gasteiger partial charge in [0, 0.05) is 30.7 Å². The third-order valence-electron chi connectivity index (χ3n) is 3.49. The van der Waals surface area contributed by atoms with Gasteiger partial charge in [0.1, 0.15) is 17.2 Å². The molecule has 4 heteroatoms. The third kappa shape index (κ3) is 4.10. The van der Waals surface area contributed by atoms with E-state index in [9.17, 15) is 0 Å². The number of hydrogen-bond acceptors (Lipinski definition) is 4. The second-order valence-electron chi connectivity index (χ2n) is 5.87. The lowest BCUT2D eigenvalue weighted by Gasteiger charge is -2.15. The van der Waals surface area contributed by atoms with Gasteiger partial charge in [-0.2, -0.15) is 0 Å². The first-order chi connectivity index (χ1) is 10.7. The van der Waals surface area contributed by atoms with Crippen LogP contribution in [0.3, 0.4) is 0 Å². The zero-order valence-electron chi connectivity index (χ0n) is 13.9. The van der Waals surface area contributed by atoms with Crippen LogP contribution in [0.15, 0.2) is 40.1 Å². The Kier molecular flexibility index (Phi) is 6.01. The normalized spacial score (nSPS) is 22.9. The van der Waals surface area contributed by atoms with Crippen molar-refractivity contribution >= 4 is 5.57 Å². The van der Waals surface area contributed by atoms with Crippen molar-refractivity contribution in [1.82, 2.24) is 5.16 Å². The molecule has 22 heavy (non-hydrogen) atoms. The summed E-state index contributed by atoms with van der Waals surface area (Å²) in [6, 6.07) is 2.00. The minimum absolute atomic E-state index is 0.525. The monoisotopic (exact) mass is 303 g/mol. The fourth-order valence-corrected chi connectivity index (χ4v) is 2.56. The van der Waals surface area contributed by atoms with Gasteiger partial charge in [0.15, 0.2) is 0 Å². The van der Waals surface area contributed by atoms with Crippen LogP contribution in [0, 0.1) is 5.92 Å². The number of methoxy groups -OCH3 is 2. The van der Waals surface area contributed by atoms with Crippen molar-refractivity contribution in [2.24, 2.45) is 5.92 Å². The van der Waals surface area contributed by atoms with E-state index in [2.05, 4.69) is 37.2 Å². The topological polar surface area (TPSA) is 44.5 Å². The van der Waals surface area contributed by atoms with Gasteiger partial charge < -0.3 is 14.0 Å². The third-order valence-corrected chi connectivity index (χ3v) is 3.49. The lowest BCUT2D eigenvalue weighted by atomic mass is 10.0. The molecule has 0 saturated carbocycles. The number of hydrogen-bond donors (Lipinski definition) is 0. The van der Waals surface area contributed by atoms with Crippen molar-refractivity contribution in [1.29, 1.82) is 0 Å². The first-order valence-electron chi connectivity index (χ1n) is 7.74. The summed E-state index contributed by atoms with van der Waals surface area (Å²) < 4.78 is 16.4. The molecule has 1 aliphatic carbocycles. The number of rotatable bonds is 6. The molecule has 0 amide bonds. The summed E-state index contributed by atoms with van der Waals surface area (Å²) in [5, 5.41) is 4.23. The van der Waals surface area contributed by atoms with E-state index in [0.29, 0.717) is 12.5 Å². The van der Waals surface area contributed by atoms with Crippen LogP contribution in [0.5, 0.6) is 0 Å². The average Bonchev–Trinajstić information content (AvgIpc) is 2.89. The van der Waals surface area contributed by atoms with Gasteiger partial charge >= 0.3 is 0 Å². The summed E-state index contributed by atoms with van der Waals surface area (Å²) in [6.07, 6.45) is 9.23. The molecule has 0 unspecified atom stereocenters. The molecular formula is C18H25NO3. The van der Waals surface area contributed by atoms with Crippen molar-refractivity contribution in [2.45, 2.75) is 33.1 Å². The van der Waals surface area contributed by atoms with Crippen LogP contribution in [0.4, 0.5) is 0 Å².